The smallest absolute Gasteiger partial charge is 0.227 e. The highest BCUT2D eigenvalue weighted by atomic mass is 16.2. The van der Waals surface area contributed by atoms with Gasteiger partial charge in [0.15, 0.2) is 0 Å². The molecule has 2 aliphatic rings. The minimum absolute atomic E-state index is 0.0211. The maximum atomic E-state index is 12.2. The lowest BCUT2D eigenvalue weighted by atomic mass is 10.1. The normalized spacial score (nSPS) is 21.4. The number of nitrogens with one attached hydrogen (secondary N) is 2. The molecule has 5 nitrogen and oxygen atoms in total. The lowest BCUT2D eigenvalue weighted by Crippen LogP contribution is -2.26. The number of hydrogen-bond donors (Lipinski definition) is 2. The zero-order valence-corrected chi connectivity index (χ0v) is 12.8. The molecule has 1 unspecified atom stereocenters. The first kappa shape index (κ1) is 15.0. The minimum Gasteiger partial charge on any atom is -0.324 e. The van der Waals surface area contributed by atoms with Crippen LogP contribution in [0, 0.1) is 0 Å². The molecule has 2 saturated heterocycles. The monoisotopic (exact) mass is 301 g/mol. The van der Waals surface area contributed by atoms with Gasteiger partial charge >= 0.3 is 0 Å². The number of benzene rings is 1. The Morgan fingerprint density at radius 2 is 2.18 bits per heavy atom. The van der Waals surface area contributed by atoms with E-state index in [1.165, 1.54) is 6.42 Å². The molecule has 0 aromatic heterocycles. The summed E-state index contributed by atoms with van der Waals surface area (Å²) in [4.78, 5) is 25.9. The summed E-state index contributed by atoms with van der Waals surface area (Å²) in [5, 5.41) is 6.38. The Hall–Kier alpha value is -1.88. The summed E-state index contributed by atoms with van der Waals surface area (Å²) in [5.74, 6) is 0.157. The Labute approximate surface area is 131 Å². The Morgan fingerprint density at radius 1 is 1.32 bits per heavy atom. The van der Waals surface area contributed by atoms with E-state index in [9.17, 15) is 9.59 Å². The highest BCUT2D eigenvalue weighted by molar-refractivity contribution is 6.02. The third-order valence-electron chi connectivity index (χ3n) is 4.42. The first-order valence-corrected chi connectivity index (χ1v) is 8.16. The molecule has 2 fully saturated rings. The number of anilines is 2. The standard InChI is InChI=1S/C17H23N3O2/c21-16(10-9-13-5-3-11-18-13)19-14-6-1-2-7-15(14)20-12-4-8-17(20)22/h1-2,6-7,13,18H,3-5,8-12H2,(H,19,21). The Kier molecular flexibility index (Phi) is 4.73. The van der Waals surface area contributed by atoms with Crippen LogP contribution in [0.4, 0.5) is 11.4 Å². The summed E-state index contributed by atoms with van der Waals surface area (Å²) < 4.78 is 0. The fourth-order valence-electron chi connectivity index (χ4n) is 3.24. The van der Waals surface area contributed by atoms with Gasteiger partial charge in [0.25, 0.3) is 0 Å². The van der Waals surface area contributed by atoms with E-state index in [4.69, 9.17) is 0 Å². The molecular weight excluding hydrogens is 278 g/mol. The largest absolute Gasteiger partial charge is 0.324 e. The van der Waals surface area contributed by atoms with Crippen LogP contribution in [0.25, 0.3) is 0 Å². The van der Waals surface area contributed by atoms with E-state index in [2.05, 4.69) is 10.6 Å². The Bertz CT molecular complexity index is 553. The summed E-state index contributed by atoms with van der Waals surface area (Å²) in [6, 6.07) is 8.03. The van der Waals surface area contributed by atoms with Crippen LogP contribution in [0.2, 0.25) is 0 Å². The highest BCUT2D eigenvalue weighted by Crippen LogP contribution is 2.29. The van der Waals surface area contributed by atoms with E-state index >= 15 is 0 Å². The van der Waals surface area contributed by atoms with E-state index in [0.717, 1.165) is 43.7 Å². The molecular formula is C17H23N3O2. The minimum atomic E-state index is 0.0211. The van der Waals surface area contributed by atoms with Crippen molar-refractivity contribution in [2.45, 2.75) is 44.6 Å². The highest BCUT2D eigenvalue weighted by Gasteiger charge is 2.24. The summed E-state index contributed by atoms with van der Waals surface area (Å²) in [6.45, 7) is 1.80. The fraction of sp³-hybridized carbons (Fsp3) is 0.529. The van der Waals surface area contributed by atoms with Crippen molar-refractivity contribution in [3.05, 3.63) is 24.3 Å². The number of para-hydroxylation sites is 2. The van der Waals surface area contributed by atoms with Crippen LogP contribution in [0.1, 0.15) is 38.5 Å². The van der Waals surface area contributed by atoms with E-state index < -0.39 is 0 Å². The molecule has 22 heavy (non-hydrogen) atoms. The van der Waals surface area contributed by atoms with Gasteiger partial charge in [0.05, 0.1) is 11.4 Å². The zero-order valence-electron chi connectivity index (χ0n) is 12.8. The van der Waals surface area contributed by atoms with Gasteiger partial charge in [-0.25, -0.2) is 0 Å². The number of carbonyl (C=O) groups is 2. The van der Waals surface area contributed by atoms with Crippen molar-refractivity contribution >= 4 is 23.2 Å². The van der Waals surface area contributed by atoms with Gasteiger partial charge in [-0.3, -0.25) is 9.59 Å². The number of rotatable bonds is 5. The van der Waals surface area contributed by atoms with Gasteiger partial charge in [-0.2, -0.15) is 0 Å². The average Bonchev–Trinajstić information content (AvgIpc) is 3.17. The summed E-state index contributed by atoms with van der Waals surface area (Å²) in [7, 11) is 0. The summed E-state index contributed by atoms with van der Waals surface area (Å²) in [6.07, 6.45) is 5.22. The molecule has 0 aliphatic carbocycles. The van der Waals surface area contributed by atoms with Gasteiger partial charge in [-0.1, -0.05) is 12.1 Å². The third kappa shape index (κ3) is 3.47. The van der Waals surface area contributed by atoms with Crippen molar-refractivity contribution in [3.63, 3.8) is 0 Å². The second-order valence-corrected chi connectivity index (χ2v) is 6.05. The molecule has 1 aromatic carbocycles. The van der Waals surface area contributed by atoms with Gasteiger partial charge in [0.1, 0.15) is 0 Å². The molecule has 2 aliphatic heterocycles. The molecule has 2 amide bonds. The van der Waals surface area contributed by atoms with Gasteiger partial charge in [0, 0.05) is 25.4 Å². The quantitative estimate of drug-likeness (QED) is 0.877. The van der Waals surface area contributed by atoms with Gasteiger partial charge in [-0.15, -0.1) is 0 Å². The second-order valence-electron chi connectivity index (χ2n) is 6.05. The lowest BCUT2D eigenvalue weighted by molar-refractivity contribution is -0.117. The Morgan fingerprint density at radius 3 is 2.91 bits per heavy atom. The van der Waals surface area contributed by atoms with Crippen LogP contribution < -0.4 is 15.5 Å². The predicted octanol–water partition coefficient (Wildman–Crippen LogP) is 2.28. The van der Waals surface area contributed by atoms with Crippen molar-refractivity contribution in [1.29, 1.82) is 0 Å². The third-order valence-corrected chi connectivity index (χ3v) is 4.42. The molecule has 0 radical (unpaired) electrons. The van der Waals surface area contributed by atoms with Crippen LogP contribution in [0.5, 0.6) is 0 Å². The number of carbonyl (C=O) groups excluding carboxylic acids is 2. The van der Waals surface area contributed by atoms with Crippen molar-refractivity contribution in [2.75, 3.05) is 23.3 Å². The van der Waals surface area contributed by atoms with Crippen molar-refractivity contribution in [2.24, 2.45) is 0 Å². The molecule has 2 N–H and O–H groups in total. The second kappa shape index (κ2) is 6.92. The molecule has 0 spiro atoms. The number of hydrogen-bond acceptors (Lipinski definition) is 3. The van der Waals surface area contributed by atoms with Gasteiger partial charge < -0.3 is 15.5 Å². The maximum Gasteiger partial charge on any atom is 0.227 e. The fourth-order valence-corrected chi connectivity index (χ4v) is 3.24. The van der Waals surface area contributed by atoms with Crippen LogP contribution >= 0.6 is 0 Å². The van der Waals surface area contributed by atoms with Gasteiger partial charge in [0.2, 0.25) is 11.8 Å². The van der Waals surface area contributed by atoms with Crippen LogP contribution in [0.3, 0.4) is 0 Å². The van der Waals surface area contributed by atoms with E-state index in [1.54, 1.807) is 4.90 Å². The first-order valence-electron chi connectivity index (χ1n) is 8.16. The van der Waals surface area contributed by atoms with Gasteiger partial charge in [-0.05, 0) is 44.4 Å². The predicted molar refractivity (Wildman–Crippen MR) is 86.9 cm³/mol. The van der Waals surface area contributed by atoms with Crippen LogP contribution in [0.15, 0.2) is 24.3 Å². The SMILES string of the molecule is O=C(CCC1CCCN1)Nc1ccccc1N1CCCC1=O. The molecule has 118 valence electrons. The van der Waals surface area contributed by atoms with E-state index in [-0.39, 0.29) is 11.8 Å². The number of nitrogens with zero attached hydrogens (tertiary/aromatic N) is 1. The Balaban J connectivity index is 1.61. The van der Waals surface area contributed by atoms with E-state index in [0.29, 0.717) is 18.9 Å². The molecule has 1 aromatic rings. The van der Waals surface area contributed by atoms with Crippen LogP contribution in [-0.4, -0.2) is 30.9 Å². The molecule has 3 rings (SSSR count). The average molecular weight is 301 g/mol. The topological polar surface area (TPSA) is 61.4 Å². The van der Waals surface area contributed by atoms with Crippen molar-refractivity contribution in [1.82, 2.24) is 5.32 Å². The summed E-state index contributed by atoms with van der Waals surface area (Å²) in [5.41, 5.74) is 1.56. The summed E-state index contributed by atoms with van der Waals surface area (Å²) >= 11 is 0. The first-order chi connectivity index (χ1) is 10.7. The van der Waals surface area contributed by atoms with Crippen molar-refractivity contribution < 1.29 is 9.59 Å². The van der Waals surface area contributed by atoms with Crippen LogP contribution in [-0.2, 0) is 9.59 Å². The maximum absolute atomic E-state index is 12.2. The zero-order chi connectivity index (χ0) is 15.4. The molecule has 0 saturated carbocycles. The molecule has 2 heterocycles. The van der Waals surface area contributed by atoms with Crippen molar-refractivity contribution in [3.8, 4) is 0 Å². The molecule has 0 bridgehead atoms. The molecule has 5 heteroatoms. The van der Waals surface area contributed by atoms with E-state index in [1.807, 2.05) is 24.3 Å². The lowest BCUT2D eigenvalue weighted by Gasteiger charge is -2.20. The number of amides is 2. The molecule has 1 atom stereocenters.